The minimum absolute atomic E-state index is 0.0676. The number of allylic oxidation sites excluding steroid dienone is 1. The molecule has 1 fully saturated rings. The van der Waals surface area contributed by atoms with Crippen molar-refractivity contribution in [2.24, 2.45) is 11.8 Å². The van der Waals surface area contributed by atoms with E-state index < -0.39 is 13.5 Å². The van der Waals surface area contributed by atoms with Crippen LogP contribution in [0.15, 0.2) is 30.3 Å². The third-order valence-corrected chi connectivity index (χ3v) is 8.32. The maximum absolute atomic E-state index is 12.6. The maximum atomic E-state index is 12.6. The SMILES string of the molecule is O=S1(=O)CC2CCC(/C=C\c3ccc(cc3)C1(Cl)Cl)CC2. The van der Waals surface area contributed by atoms with Crippen LogP contribution in [0, 0.1) is 11.8 Å². The summed E-state index contributed by atoms with van der Waals surface area (Å²) < 4.78 is 23.4. The van der Waals surface area contributed by atoms with Gasteiger partial charge < -0.3 is 0 Å². The number of rotatable bonds is 0. The van der Waals surface area contributed by atoms with Gasteiger partial charge >= 0.3 is 0 Å². The summed E-state index contributed by atoms with van der Waals surface area (Å²) in [5, 5.41) is 0. The molecule has 4 aliphatic heterocycles. The lowest BCUT2D eigenvalue weighted by molar-refractivity contribution is 0.331. The molecule has 4 bridgehead atoms. The zero-order chi connectivity index (χ0) is 15.1. The van der Waals surface area contributed by atoms with Crippen LogP contribution in [-0.2, 0) is 13.5 Å². The molecule has 114 valence electrons. The smallest absolute Gasteiger partial charge is 0.225 e. The summed E-state index contributed by atoms with van der Waals surface area (Å²) in [7, 11) is -3.61. The molecular weight excluding hydrogens is 327 g/mol. The Morgan fingerprint density at radius 3 is 2.24 bits per heavy atom. The molecule has 0 N–H and O–H groups in total. The number of alkyl halides is 2. The molecule has 6 rings (SSSR count). The molecule has 1 aromatic rings. The van der Waals surface area contributed by atoms with Crippen LogP contribution in [0.4, 0.5) is 0 Å². The van der Waals surface area contributed by atoms with Crippen molar-refractivity contribution < 1.29 is 8.42 Å². The molecule has 4 heterocycles. The van der Waals surface area contributed by atoms with Gasteiger partial charge in [0.05, 0.1) is 5.75 Å². The van der Waals surface area contributed by atoms with Crippen LogP contribution in [0.1, 0.15) is 36.8 Å². The number of hydrogen-bond acceptors (Lipinski definition) is 2. The highest BCUT2D eigenvalue weighted by Crippen LogP contribution is 2.43. The summed E-state index contributed by atoms with van der Waals surface area (Å²) in [6, 6.07) is 7.14. The molecule has 1 aliphatic carbocycles. The Kier molecular flexibility index (Phi) is 4.10. The molecule has 0 atom stereocenters. The van der Waals surface area contributed by atoms with Gasteiger partial charge in [-0.3, -0.25) is 0 Å². The fourth-order valence-corrected chi connectivity index (χ4v) is 5.47. The van der Waals surface area contributed by atoms with Crippen LogP contribution < -0.4 is 0 Å². The zero-order valence-corrected chi connectivity index (χ0v) is 14.0. The number of benzene rings is 1. The van der Waals surface area contributed by atoms with Gasteiger partial charge in [-0.1, -0.05) is 59.6 Å². The summed E-state index contributed by atoms with van der Waals surface area (Å²) in [6.45, 7) is 0. The molecule has 0 spiro atoms. The van der Waals surface area contributed by atoms with E-state index in [1.165, 1.54) is 0 Å². The monoisotopic (exact) mass is 344 g/mol. The highest BCUT2D eigenvalue weighted by molar-refractivity contribution is 7.95. The van der Waals surface area contributed by atoms with Crippen molar-refractivity contribution >= 4 is 39.1 Å². The molecule has 5 heteroatoms. The first kappa shape index (κ1) is 15.4. The summed E-state index contributed by atoms with van der Waals surface area (Å²) >= 11 is 12.5. The molecule has 1 saturated carbocycles. The van der Waals surface area contributed by atoms with E-state index in [-0.39, 0.29) is 11.7 Å². The largest absolute Gasteiger partial charge is 0.242 e. The van der Waals surface area contributed by atoms with Crippen molar-refractivity contribution in [1.29, 1.82) is 0 Å². The van der Waals surface area contributed by atoms with Gasteiger partial charge in [0.15, 0.2) is 9.84 Å². The Hall–Kier alpha value is -0.510. The third kappa shape index (κ3) is 3.01. The molecule has 0 aromatic heterocycles. The second kappa shape index (κ2) is 5.60. The lowest BCUT2D eigenvalue weighted by Gasteiger charge is -2.28. The molecule has 1 aromatic carbocycles. The van der Waals surface area contributed by atoms with Crippen molar-refractivity contribution in [3.05, 3.63) is 41.5 Å². The van der Waals surface area contributed by atoms with E-state index in [1.807, 2.05) is 12.1 Å². The second-order valence-corrected chi connectivity index (χ2v) is 10.0. The molecule has 5 aliphatic rings. The lowest BCUT2D eigenvalue weighted by atomic mass is 9.82. The van der Waals surface area contributed by atoms with Crippen LogP contribution >= 0.6 is 23.2 Å². The topological polar surface area (TPSA) is 34.1 Å². The van der Waals surface area contributed by atoms with E-state index in [4.69, 9.17) is 23.2 Å². The van der Waals surface area contributed by atoms with Crippen molar-refractivity contribution in [2.75, 3.05) is 5.75 Å². The van der Waals surface area contributed by atoms with Gasteiger partial charge in [-0.25, -0.2) is 8.42 Å². The number of hydrogen-bond donors (Lipinski definition) is 0. The Bertz CT molecular complexity index is 639. The molecule has 0 unspecified atom stereocenters. The second-order valence-electron chi connectivity index (χ2n) is 6.06. The molecule has 0 amide bonds. The van der Waals surface area contributed by atoms with Crippen LogP contribution in [0.25, 0.3) is 6.08 Å². The Morgan fingerprint density at radius 2 is 1.62 bits per heavy atom. The average Bonchev–Trinajstić information content (AvgIpc) is 2.47. The summed E-state index contributed by atoms with van der Waals surface area (Å²) in [5.41, 5.74) is 1.47. The number of sulfone groups is 1. The predicted octanol–water partition coefficient (Wildman–Crippen LogP) is 4.52. The minimum atomic E-state index is -3.61. The van der Waals surface area contributed by atoms with Crippen LogP contribution in [0.5, 0.6) is 0 Å². The number of halogens is 2. The van der Waals surface area contributed by atoms with E-state index in [2.05, 4.69) is 12.2 Å². The van der Waals surface area contributed by atoms with Gasteiger partial charge in [-0.2, -0.15) is 0 Å². The summed E-state index contributed by atoms with van der Waals surface area (Å²) in [5.74, 6) is 0.773. The molecular formula is C16H18Cl2O2S. The van der Waals surface area contributed by atoms with Crippen LogP contribution in [-0.4, -0.2) is 14.2 Å². The van der Waals surface area contributed by atoms with Crippen molar-refractivity contribution in [3.8, 4) is 0 Å². The first-order chi connectivity index (χ1) is 9.88. The van der Waals surface area contributed by atoms with E-state index in [0.717, 1.165) is 31.2 Å². The zero-order valence-electron chi connectivity index (χ0n) is 11.6. The lowest BCUT2D eigenvalue weighted by Crippen LogP contribution is -2.31. The first-order valence-corrected chi connectivity index (χ1v) is 9.68. The summed E-state index contributed by atoms with van der Waals surface area (Å²) in [6.07, 6.45) is 8.25. The van der Waals surface area contributed by atoms with E-state index in [1.54, 1.807) is 12.1 Å². The van der Waals surface area contributed by atoms with Gasteiger partial charge in [-0.15, -0.1) is 0 Å². The van der Waals surface area contributed by atoms with Gasteiger partial charge in [0.25, 0.3) is 0 Å². The maximum Gasteiger partial charge on any atom is 0.242 e. The van der Waals surface area contributed by atoms with Crippen LogP contribution in [0.2, 0.25) is 0 Å². The fraction of sp³-hybridized carbons (Fsp3) is 0.500. The summed E-state index contributed by atoms with van der Waals surface area (Å²) in [4.78, 5) is 0. The quantitative estimate of drug-likeness (QED) is 0.648. The standard InChI is InChI=1S/C16H18Cl2O2S/c17-16(18)15-9-7-13(8-10-15)2-1-12-3-5-14(6-4-12)11-21(16,19)20/h1-2,7-10,12,14H,3-6,11H2/b2-1-. The average molecular weight is 345 g/mol. The van der Waals surface area contributed by atoms with E-state index in [9.17, 15) is 8.42 Å². The highest BCUT2D eigenvalue weighted by atomic mass is 35.5. The molecule has 0 radical (unpaired) electrons. The third-order valence-electron chi connectivity index (χ3n) is 4.54. The van der Waals surface area contributed by atoms with Gasteiger partial charge in [0, 0.05) is 5.56 Å². The Morgan fingerprint density at radius 1 is 1.00 bits per heavy atom. The Balaban J connectivity index is 2.08. The normalized spacial score (nSPS) is 31.9. The minimum Gasteiger partial charge on any atom is -0.225 e. The molecule has 2 nitrogen and oxygen atoms in total. The van der Waals surface area contributed by atoms with E-state index >= 15 is 0 Å². The molecule has 0 saturated heterocycles. The van der Waals surface area contributed by atoms with Gasteiger partial charge in [-0.05, 0) is 43.1 Å². The Labute approximate surface area is 136 Å². The van der Waals surface area contributed by atoms with E-state index in [0.29, 0.717) is 11.5 Å². The highest BCUT2D eigenvalue weighted by Gasteiger charge is 2.43. The van der Waals surface area contributed by atoms with Crippen molar-refractivity contribution in [2.45, 2.75) is 29.3 Å². The predicted molar refractivity (Wildman–Crippen MR) is 88.1 cm³/mol. The van der Waals surface area contributed by atoms with Crippen molar-refractivity contribution in [1.82, 2.24) is 0 Å². The van der Waals surface area contributed by atoms with Gasteiger partial charge in [0.2, 0.25) is 3.67 Å². The van der Waals surface area contributed by atoms with Crippen molar-refractivity contribution in [3.63, 3.8) is 0 Å². The van der Waals surface area contributed by atoms with Gasteiger partial charge in [0.1, 0.15) is 0 Å². The van der Waals surface area contributed by atoms with Crippen LogP contribution in [0.3, 0.4) is 0 Å². The first-order valence-electron chi connectivity index (χ1n) is 7.27. The fourth-order valence-electron chi connectivity index (χ4n) is 3.18. The molecule has 21 heavy (non-hydrogen) atoms.